The molecule has 0 saturated heterocycles. The van der Waals surface area contributed by atoms with E-state index >= 15 is 0 Å². The minimum Gasteiger partial charge on any atom is -0.320 e. The Morgan fingerprint density at radius 2 is 1.67 bits per heavy atom. The number of rotatable bonds is 2. The molecule has 2 rings (SSSR count). The van der Waals surface area contributed by atoms with Gasteiger partial charge in [-0.25, -0.2) is 8.78 Å². The van der Waals surface area contributed by atoms with Crippen molar-refractivity contribution in [1.29, 1.82) is 0 Å². The van der Waals surface area contributed by atoms with Gasteiger partial charge in [0.1, 0.15) is 11.6 Å². The lowest BCUT2D eigenvalue weighted by Gasteiger charge is -2.16. The topological polar surface area (TPSA) is 26.0 Å². The third-order valence-corrected chi connectivity index (χ3v) is 3.31. The van der Waals surface area contributed by atoms with E-state index in [2.05, 4.69) is 15.9 Å². The van der Waals surface area contributed by atoms with Crippen molar-refractivity contribution < 1.29 is 8.78 Å². The SMILES string of the molecule is Cc1ccc(Br)cc1C(N)c1cc(F)cc(F)c1. The molecule has 1 unspecified atom stereocenters. The van der Waals surface area contributed by atoms with Gasteiger partial charge in [0, 0.05) is 10.5 Å². The zero-order valence-corrected chi connectivity index (χ0v) is 11.3. The Kier molecular flexibility index (Phi) is 3.78. The van der Waals surface area contributed by atoms with Crippen molar-refractivity contribution in [1.82, 2.24) is 0 Å². The molecule has 0 amide bonds. The standard InChI is InChI=1S/C14H12BrF2N/c1-8-2-3-10(15)6-13(8)14(18)9-4-11(16)7-12(17)5-9/h2-7,14H,18H2,1H3. The quantitative estimate of drug-likeness (QED) is 0.888. The number of aryl methyl sites for hydroxylation is 1. The average Bonchev–Trinajstić information content (AvgIpc) is 2.30. The van der Waals surface area contributed by atoms with Crippen LogP contribution in [0.1, 0.15) is 22.7 Å². The van der Waals surface area contributed by atoms with Gasteiger partial charge in [-0.1, -0.05) is 22.0 Å². The van der Waals surface area contributed by atoms with Gasteiger partial charge in [0.05, 0.1) is 6.04 Å². The number of hydrogen-bond acceptors (Lipinski definition) is 1. The molecular weight excluding hydrogens is 300 g/mol. The van der Waals surface area contributed by atoms with E-state index < -0.39 is 17.7 Å². The molecule has 4 heteroatoms. The highest BCUT2D eigenvalue weighted by Crippen LogP contribution is 2.26. The second-order valence-corrected chi connectivity index (χ2v) is 5.10. The summed E-state index contributed by atoms with van der Waals surface area (Å²) >= 11 is 3.36. The first-order valence-corrected chi connectivity index (χ1v) is 6.24. The predicted molar refractivity (Wildman–Crippen MR) is 71.3 cm³/mol. The molecule has 1 atom stereocenters. The maximum Gasteiger partial charge on any atom is 0.126 e. The molecule has 0 spiro atoms. The van der Waals surface area contributed by atoms with Crippen molar-refractivity contribution >= 4 is 15.9 Å². The molecule has 0 aliphatic heterocycles. The van der Waals surface area contributed by atoms with Crippen LogP contribution in [0.25, 0.3) is 0 Å². The van der Waals surface area contributed by atoms with Gasteiger partial charge in [0.25, 0.3) is 0 Å². The molecule has 2 N–H and O–H groups in total. The van der Waals surface area contributed by atoms with E-state index in [0.717, 1.165) is 21.7 Å². The third-order valence-electron chi connectivity index (χ3n) is 2.82. The molecular formula is C14H12BrF2N. The summed E-state index contributed by atoms with van der Waals surface area (Å²) in [6.07, 6.45) is 0. The van der Waals surface area contributed by atoms with Gasteiger partial charge in [-0.2, -0.15) is 0 Å². The number of halogens is 3. The monoisotopic (exact) mass is 311 g/mol. The number of benzene rings is 2. The lowest BCUT2D eigenvalue weighted by molar-refractivity contribution is 0.577. The summed E-state index contributed by atoms with van der Waals surface area (Å²) in [4.78, 5) is 0. The fraction of sp³-hybridized carbons (Fsp3) is 0.143. The average molecular weight is 312 g/mol. The molecule has 0 aromatic heterocycles. The van der Waals surface area contributed by atoms with Crippen LogP contribution in [0.4, 0.5) is 8.78 Å². The van der Waals surface area contributed by atoms with E-state index in [1.54, 1.807) is 0 Å². The van der Waals surface area contributed by atoms with Gasteiger partial charge >= 0.3 is 0 Å². The van der Waals surface area contributed by atoms with Gasteiger partial charge in [-0.05, 0) is 47.9 Å². The van der Waals surface area contributed by atoms with Gasteiger partial charge < -0.3 is 5.73 Å². The van der Waals surface area contributed by atoms with Crippen LogP contribution in [0.2, 0.25) is 0 Å². The van der Waals surface area contributed by atoms with Gasteiger partial charge in [-0.15, -0.1) is 0 Å². The summed E-state index contributed by atoms with van der Waals surface area (Å²) in [5.41, 5.74) is 8.32. The van der Waals surface area contributed by atoms with Gasteiger partial charge in [0.2, 0.25) is 0 Å². The number of hydrogen-bond donors (Lipinski definition) is 1. The van der Waals surface area contributed by atoms with E-state index in [1.165, 1.54) is 12.1 Å². The van der Waals surface area contributed by atoms with Crippen LogP contribution in [0.5, 0.6) is 0 Å². The van der Waals surface area contributed by atoms with Crippen molar-refractivity contribution in [2.45, 2.75) is 13.0 Å². The lowest BCUT2D eigenvalue weighted by atomic mass is 9.96. The summed E-state index contributed by atoms with van der Waals surface area (Å²) in [6.45, 7) is 1.91. The fourth-order valence-electron chi connectivity index (χ4n) is 1.88. The first kappa shape index (κ1) is 13.2. The molecule has 0 fully saturated rings. The third kappa shape index (κ3) is 2.76. The second kappa shape index (κ2) is 5.16. The molecule has 1 nitrogen and oxygen atoms in total. The molecule has 2 aromatic rings. The van der Waals surface area contributed by atoms with Crippen molar-refractivity contribution in [3.8, 4) is 0 Å². The molecule has 0 saturated carbocycles. The van der Waals surface area contributed by atoms with Crippen molar-refractivity contribution in [3.05, 3.63) is 69.2 Å². The number of nitrogens with two attached hydrogens (primary N) is 1. The van der Waals surface area contributed by atoms with E-state index in [4.69, 9.17) is 5.73 Å². The molecule has 18 heavy (non-hydrogen) atoms. The van der Waals surface area contributed by atoms with Crippen LogP contribution in [0.3, 0.4) is 0 Å². The Morgan fingerprint density at radius 3 is 2.28 bits per heavy atom. The maximum absolute atomic E-state index is 13.2. The first-order chi connectivity index (χ1) is 8.47. The molecule has 0 bridgehead atoms. The Bertz CT molecular complexity index is 564. The zero-order chi connectivity index (χ0) is 13.3. The van der Waals surface area contributed by atoms with Crippen LogP contribution in [0.15, 0.2) is 40.9 Å². The van der Waals surface area contributed by atoms with E-state index in [1.807, 2.05) is 25.1 Å². The largest absolute Gasteiger partial charge is 0.320 e. The minimum atomic E-state index is -0.618. The molecule has 0 aliphatic carbocycles. The Hall–Kier alpha value is -1.26. The molecule has 0 aliphatic rings. The Morgan fingerprint density at radius 1 is 1.06 bits per heavy atom. The van der Waals surface area contributed by atoms with Crippen LogP contribution < -0.4 is 5.73 Å². The van der Waals surface area contributed by atoms with Crippen LogP contribution in [0, 0.1) is 18.6 Å². The van der Waals surface area contributed by atoms with E-state index in [-0.39, 0.29) is 0 Å². The second-order valence-electron chi connectivity index (χ2n) is 4.18. The lowest BCUT2D eigenvalue weighted by Crippen LogP contribution is -2.14. The van der Waals surface area contributed by atoms with Crippen molar-refractivity contribution in [2.75, 3.05) is 0 Å². The highest BCUT2D eigenvalue weighted by Gasteiger charge is 2.14. The fourth-order valence-corrected chi connectivity index (χ4v) is 2.26. The zero-order valence-electron chi connectivity index (χ0n) is 9.75. The van der Waals surface area contributed by atoms with Crippen LogP contribution in [-0.2, 0) is 0 Å². The van der Waals surface area contributed by atoms with E-state index in [0.29, 0.717) is 5.56 Å². The van der Waals surface area contributed by atoms with Gasteiger partial charge in [-0.3, -0.25) is 0 Å². The Balaban J connectivity index is 2.47. The molecule has 2 aromatic carbocycles. The van der Waals surface area contributed by atoms with Crippen molar-refractivity contribution in [2.24, 2.45) is 5.73 Å². The van der Waals surface area contributed by atoms with E-state index in [9.17, 15) is 8.78 Å². The Labute approximate surface area is 113 Å². The molecule has 0 radical (unpaired) electrons. The molecule has 0 heterocycles. The predicted octanol–water partition coefficient (Wildman–Crippen LogP) is 4.08. The first-order valence-electron chi connectivity index (χ1n) is 5.45. The minimum absolute atomic E-state index is 0.425. The normalized spacial score (nSPS) is 12.5. The summed E-state index contributed by atoms with van der Waals surface area (Å²) in [5.74, 6) is -1.24. The summed E-state index contributed by atoms with van der Waals surface area (Å²) in [7, 11) is 0. The smallest absolute Gasteiger partial charge is 0.126 e. The highest BCUT2D eigenvalue weighted by atomic mass is 79.9. The molecule has 94 valence electrons. The van der Waals surface area contributed by atoms with Crippen molar-refractivity contribution in [3.63, 3.8) is 0 Å². The summed E-state index contributed by atoms with van der Waals surface area (Å²) in [5, 5.41) is 0. The maximum atomic E-state index is 13.2. The highest BCUT2D eigenvalue weighted by molar-refractivity contribution is 9.10. The summed E-state index contributed by atoms with van der Waals surface area (Å²) < 4.78 is 27.2. The van der Waals surface area contributed by atoms with Crippen LogP contribution >= 0.6 is 15.9 Å². The summed E-state index contributed by atoms with van der Waals surface area (Å²) in [6, 6.07) is 8.48. The van der Waals surface area contributed by atoms with Crippen LogP contribution in [-0.4, -0.2) is 0 Å². The van der Waals surface area contributed by atoms with Gasteiger partial charge in [0.15, 0.2) is 0 Å².